The van der Waals surface area contributed by atoms with Crippen molar-refractivity contribution >= 4 is 17.2 Å². The van der Waals surface area contributed by atoms with Crippen molar-refractivity contribution in [3.8, 4) is 11.5 Å². The Bertz CT molecular complexity index is 496. The molecule has 1 fully saturated rings. The third-order valence-electron chi connectivity index (χ3n) is 3.71. The molecule has 3 nitrogen and oxygen atoms in total. The Morgan fingerprint density at radius 2 is 1.86 bits per heavy atom. The number of piperidine rings is 1. The Morgan fingerprint density at radius 1 is 1.14 bits per heavy atom. The lowest BCUT2D eigenvalue weighted by Gasteiger charge is -2.29. The maximum absolute atomic E-state index is 5.85. The number of benzene rings is 1. The largest absolute Gasteiger partial charge is 0.490 e. The average molecular weight is 321 g/mol. The molecule has 0 aliphatic carbocycles. The maximum Gasteiger partial charge on any atom is 0.161 e. The fraction of sp³-hybridized carbons (Fsp3) is 0.611. The van der Waals surface area contributed by atoms with Crippen LogP contribution in [0.5, 0.6) is 11.5 Å². The summed E-state index contributed by atoms with van der Waals surface area (Å²) < 4.78 is 11.6. The van der Waals surface area contributed by atoms with E-state index in [0.29, 0.717) is 19.1 Å². The van der Waals surface area contributed by atoms with Crippen molar-refractivity contribution in [1.29, 1.82) is 0 Å². The van der Waals surface area contributed by atoms with E-state index in [-0.39, 0.29) is 0 Å². The zero-order chi connectivity index (χ0) is 15.9. The lowest BCUT2D eigenvalue weighted by atomic mass is 10.1. The number of rotatable bonds is 6. The summed E-state index contributed by atoms with van der Waals surface area (Å²) in [5, 5.41) is 0. The number of hydrogen-bond donors (Lipinski definition) is 0. The molecule has 1 heterocycles. The van der Waals surface area contributed by atoms with Crippen molar-refractivity contribution < 1.29 is 9.47 Å². The minimum absolute atomic E-state index is 0.489. The van der Waals surface area contributed by atoms with Crippen molar-refractivity contribution in [2.75, 3.05) is 26.3 Å². The van der Waals surface area contributed by atoms with Crippen LogP contribution in [0.25, 0.3) is 0 Å². The van der Waals surface area contributed by atoms with E-state index in [9.17, 15) is 0 Å². The molecule has 0 spiro atoms. The predicted octanol–water partition coefficient (Wildman–Crippen LogP) is 4.28. The molecule has 4 heteroatoms. The van der Waals surface area contributed by atoms with E-state index in [1.807, 2.05) is 19.1 Å². The Hall–Kier alpha value is -1.29. The molecule has 1 saturated heterocycles. The molecule has 0 unspecified atom stereocenters. The van der Waals surface area contributed by atoms with Gasteiger partial charge in [-0.3, -0.25) is 0 Å². The summed E-state index contributed by atoms with van der Waals surface area (Å²) in [6, 6.07) is 6.06. The lowest BCUT2D eigenvalue weighted by molar-refractivity contribution is 0.248. The number of likely N-dealkylation sites (tertiary alicyclic amines) is 1. The summed E-state index contributed by atoms with van der Waals surface area (Å²) in [4.78, 5) is 3.23. The van der Waals surface area contributed by atoms with Crippen molar-refractivity contribution in [2.24, 2.45) is 5.92 Å². The van der Waals surface area contributed by atoms with Gasteiger partial charge in [0.1, 0.15) is 4.99 Å². The zero-order valence-corrected chi connectivity index (χ0v) is 14.7. The van der Waals surface area contributed by atoms with E-state index in [1.54, 1.807) is 0 Å². The topological polar surface area (TPSA) is 21.7 Å². The quantitative estimate of drug-likeness (QED) is 0.729. The molecular weight excluding hydrogens is 294 g/mol. The Balaban J connectivity index is 2.14. The first-order chi connectivity index (χ1) is 10.6. The van der Waals surface area contributed by atoms with Gasteiger partial charge in [0.15, 0.2) is 11.5 Å². The van der Waals surface area contributed by atoms with Crippen LogP contribution in [0.4, 0.5) is 0 Å². The van der Waals surface area contributed by atoms with Crippen molar-refractivity contribution in [2.45, 2.75) is 40.0 Å². The molecule has 0 bridgehead atoms. The van der Waals surface area contributed by atoms with Gasteiger partial charge in [0, 0.05) is 18.7 Å². The highest BCUT2D eigenvalue weighted by Gasteiger charge is 2.17. The third kappa shape index (κ3) is 4.60. The van der Waals surface area contributed by atoms with Crippen LogP contribution in [-0.4, -0.2) is 36.2 Å². The molecule has 22 heavy (non-hydrogen) atoms. The third-order valence-corrected chi connectivity index (χ3v) is 4.20. The van der Waals surface area contributed by atoms with Crippen molar-refractivity contribution in [3.63, 3.8) is 0 Å². The molecule has 122 valence electrons. The molecule has 0 radical (unpaired) electrons. The molecule has 2 rings (SSSR count). The summed E-state index contributed by atoms with van der Waals surface area (Å²) in [5.41, 5.74) is 1.05. The van der Waals surface area contributed by atoms with Gasteiger partial charge < -0.3 is 14.4 Å². The van der Waals surface area contributed by atoms with Gasteiger partial charge in [-0.25, -0.2) is 0 Å². The van der Waals surface area contributed by atoms with E-state index >= 15 is 0 Å². The molecule has 1 aliphatic heterocycles. The van der Waals surface area contributed by atoms with Crippen LogP contribution in [0.15, 0.2) is 18.2 Å². The van der Waals surface area contributed by atoms with Crippen LogP contribution in [0, 0.1) is 5.92 Å². The number of ether oxygens (including phenoxy) is 2. The summed E-state index contributed by atoms with van der Waals surface area (Å²) >= 11 is 5.66. The molecule has 0 saturated carbocycles. The standard InChI is InChI=1S/C18H27NO2S/c1-4-20-17-12-15(8-9-16(17)21-13-14(2)3)18(22)19-10-6-5-7-11-19/h8-9,12,14H,4-7,10-11,13H2,1-3H3. The van der Waals surface area contributed by atoms with E-state index in [2.05, 4.69) is 24.8 Å². The molecular formula is C18H27NO2S. The number of hydrogen-bond acceptors (Lipinski definition) is 3. The first-order valence-corrected chi connectivity index (χ1v) is 8.71. The summed E-state index contributed by atoms with van der Waals surface area (Å²) in [6.07, 6.45) is 3.77. The van der Waals surface area contributed by atoms with Gasteiger partial charge in [-0.05, 0) is 50.3 Å². The van der Waals surface area contributed by atoms with Crippen LogP contribution >= 0.6 is 12.2 Å². The highest BCUT2D eigenvalue weighted by molar-refractivity contribution is 7.80. The second-order valence-electron chi connectivity index (χ2n) is 6.15. The van der Waals surface area contributed by atoms with Crippen LogP contribution in [-0.2, 0) is 0 Å². The number of nitrogens with zero attached hydrogens (tertiary/aromatic N) is 1. The molecule has 0 N–H and O–H groups in total. The summed E-state index contributed by atoms with van der Waals surface area (Å²) in [7, 11) is 0. The first-order valence-electron chi connectivity index (χ1n) is 8.30. The maximum atomic E-state index is 5.85. The summed E-state index contributed by atoms with van der Waals surface area (Å²) in [6.45, 7) is 9.71. The zero-order valence-electron chi connectivity index (χ0n) is 13.9. The van der Waals surface area contributed by atoms with Gasteiger partial charge in [0.25, 0.3) is 0 Å². The molecule has 1 aromatic rings. The van der Waals surface area contributed by atoms with Crippen LogP contribution in [0.2, 0.25) is 0 Å². The fourth-order valence-electron chi connectivity index (χ4n) is 2.56. The molecule has 0 aromatic heterocycles. The second kappa shape index (κ2) is 8.37. The second-order valence-corrected chi connectivity index (χ2v) is 6.54. The Morgan fingerprint density at radius 3 is 2.50 bits per heavy atom. The molecule has 1 aromatic carbocycles. The first kappa shape index (κ1) is 17.1. The minimum Gasteiger partial charge on any atom is -0.490 e. The fourth-order valence-corrected chi connectivity index (χ4v) is 2.87. The van der Waals surface area contributed by atoms with Gasteiger partial charge in [0.05, 0.1) is 13.2 Å². The molecule has 1 aliphatic rings. The SMILES string of the molecule is CCOc1cc(C(=S)N2CCCCC2)ccc1OCC(C)C. The summed E-state index contributed by atoms with van der Waals surface area (Å²) in [5.74, 6) is 2.09. The van der Waals surface area contributed by atoms with Crippen molar-refractivity contribution in [1.82, 2.24) is 4.90 Å². The minimum atomic E-state index is 0.489. The normalized spacial score (nSPS) is 15.0. The molecule has 0 amide bonds. The van der Waals surface area contributed by atoms with Gasteiger partial charge in [-0.1, -0.05) is 26.1 Å². The Labute approximate surface area is 139 Å². The highest BCUT2D eigenvalue weighted by atomic mass is 32.1. The van der Waals surface area contributed by atoms with E-state index in [0.717, 1.165) is 35.1 Å². The number of thiocarbonyl (C=S) groups is 1. The van der Waals surface area contributed by atoms with Crippen LogP contribution < -0.4 is 9.47 Å². The van der Waals surface area contributed by atoms with Gasteiger partial charge in [0.2, 0.25) is 0 Å². The van der Waals surface area contributed by atoms with E-state index in [1.165, 1.54) is 19.3 Å². The highest BCUT2D eigenvalue weighted by Crippen LogP contribution is 2.30. The van der Waals surface area contributed by atoms with Crippen LogP contribution in [0.1, 0.15) is 45.6 Å². The lowest BCUT2D eigenvalue weighted by Crippen LogP contribution is -2.34. The van der Waals surface area contributed by atoms with Crippen LogP contribution in [0.3, 0.4) is 0 Å². The molecule has 0 atom stereocenters. The van der Waals surface area contributed by atoms with Gasteiger partial charge >= 0.3 is 0 Å². The van der Waals surface area contributed by atoms with Crippen molar-refractivity contribution in [3.05, 3.63) is 23.8 Å². The average Bonchev–Trinajstić information content (AvgIpc) is 2.54. The van der Waals surface area contributed by atoms with E-state index in [4.69, 9.17) is 21.7 Å². The van der Waals surface area contributed by atoms with E-state index < -0.39 is 0 Å². The monoisotopic (exact) mass is 321 g/mol. The Kier molecular flexibility index (Phi) is 6.49. The van der Waals surface area contributed by atoms with Gasteiger partial charge in [-0.15, -0.1) is 0 Å². The smallest absolute Gasteiger partial charge is 0.161 e. The predicted molar refractivity (Wildman–Crippen MR) is 95.1 cm³/mol. The van der Waals surface area contributed by atoms with Gasteiger partial charge in [-0.2, -0.15) is 0 Å².